The summed E-state index contributed by atoms with van der Waals surface area (Å²) in [4.78, 5) is 20.7. The van der Waals surface area contributed by atoms with Crippen LogP contribution in [0, 0.1) is 5.82 Å². The Kier molecular flexibility index (Phi) is 7.86. The second-order valence-corrected chi connectivity index (χ2v) is 10.4. The summed E-state index contributed by atoms with van der Waals surface area (Å²) in [6.07, 6.45) is 1.43. The van der Waals surface area contributed by atoms with Gasteiger partial charge in [0.1, 0.15) is 11.1 Å². The summed E-state index contributed by atoms with van der Waals surface area (Å²) in [6, 6.07) is 7.80. The van der Waals surface area contributed by atoms with Crippen molar-refractivity contribution in [1.82, 2.24) is 14.8 Å². The molecule has 1 unspecified atom stereocenters. The van der Waals surface area contributed by atoms with E-state index in [0.717, 1.165) is 5.56 Å². The minimum Gasteiger partial charge on any atom is -0.467 e. The average molecular weight is 530 g/mol. The summed E-state index contributed by atoms with van der Waals surface area (Å²) >= 11 is 3.22. The Hall–Kier alpha value is -2.08. The van der Waals surface area contributed by atoms with Crippen LogP contribution >= 0.6 is 15.9 Å². The van der Waals surface area contributed by atoms with Gasteiger partial charge in [-0.05, 0) is 53.5 Å². The molecule has 174 valence electrons. The third kappa shape index (κ3) is 6.25. The van der Waals surface area contributed by atoms with Gasteiger partial charge in [0.05, 0.1) is 0 Å². The smallest absolute Gasteiger partial charge is 0.271 e. The maximum absolute atomic E-state index is 13.1. The van der Waals surface area contributed by atoms with Crippen molar-refractivity contribution in [3.8, 4) is 5.88 Å². The fourth-order valence-corrected chi connectivity index (χ4v) is 4.46. The molecule has 1 saturated heterocycles. The molecule has 0 bridgehead atoms. The van der Waals surface area contributed by atoms with E-state index in [4.69, 9.17) is 4.74 Å². The number of pyridine rings is 1. The van der Waals surface area contributed by atoms with E-state index in [0.29, 0.717) is 30.7 Å². The van der Waals surface area contributed by atoms with Crippen LogP contribution in [0.5, 0.6) is 5.88 Å². The molecule has 1 aromatic heterocycles. The first-order chi connectivity index (χ1) is 15.0. The molecule has 11 heteroatoms. The summed E-state index contributed by atoms with van der Waals surface area (Å²) < 4.78 is 51.7. The normalized spacial score (nSPS) is 18.4. The van der Waals surface area contributed by atoms with Crippen LogP contribution in [0.2, 0.25) is 0 Å². The average Bonchev–Trinajstić information content (AvgIpc) is 2.73. The summed E-state index contributed by atoms with van der Waals surface area (Å²) in [5.74, 6) is -0.532. The topological polar surface area (TPSA) is 100 Å². The number of hydrogen-bond acceptors (Lipinski definition) is 6. The highest BCUT2D eigenvalue weighted by Gasteiger charge is 2.29. The number of carbonyl (C=O) groups is 1. The maximum atomic E-state index is 13.1. The van der Waals surface area contributed by atoms with Crippen LogP contribution in [0.1, 0.15) is 30.2 Å². The Bertz CT molecular complexity index is 1070. The van der Waals surface area contributed by atoms with Crippen LogP contribution in [0.4, 0.5) is 4.39 Å². The number of nitrogens with zero attached hydrogens (tertiary/aromatic N) is 3. The number of benzene rings is 1. The van der Waals surface area contributed by atoms with E-state index in [1.165, 1.54) is 31.3 Å². The first-order valence-electron chi connectivity index (χ1n) is 10.1. The van der Waals surface area contributed by atoms with Gasteiger partial charge in [0.2, 0.25) is 5.88 Å². The molecular weight excluding hydrogens is 505 g/mol. The Morgan fingerprint density at radius 2 is 2.03 bits per heavy atom. The Morgan fingerprint density at radius 1 is 1.34 bits per heavy atom. The number of hydrogen-bond donors (Lipinski definition) is 1. The molecule has 1 aromatic carbocycles. The molecule has 1 amide bonds. The second kappa shape index (κ2) is 10.2. The molecule has 1 fully saturated rings. The first kappa shape index (κ1) is 24.6. The molecule has 8 nitrogen and oxygen atoms in total. The van der Waals surface area contributed by atoms with Gasteiger partial charge >= 0.3 is 0 Å². The summed E-state index contributed by atoms with van der Waals surface area (Å²) in [7, 11) is -4.36. The van der Waals surface area contributed by atoms with E-state index >= 15 is 0 Å². The summed E-state index contributed by atoms with van der Waals surface area (Å²) in [5.41, 5.74) is 1.16. The van der Waals surface area contributed by atoms with Crippen molar-refractivity contribution in [2.75, 3.05) is 26.2 Å². The molecule has 3 rings (SSSR count). The highest BCUT2D eigenvalue weighted by molar-refractivity contribution is 9.10. The predicted molar refractivity (Wildman–Crippen MR) is 120 cm³/mol. The summed E-state index contributed by atoms with van der Waals surface area (Å²) in [6.45, 7) is 5.45. The van der Waals surface area contributed by atoms with E-state index in [-0.39, 0.29) is 35.8 Å². The number of ether oxygens (including phenoxy) is 1. The highest BCUT2D eigenvalue weighted by Crippen LogP contribution is 2.30. The number of piperazine rings is 1. The van der Waals surface area contributed by atoms with E-state index in [1.54, 1.807) is 17.0 Å². The fraction of sp³-hybridized carbons (Fsp3) is 0.429. The van der Waals surface area contributed by atoms with Crippen LogP contribution in [0.15, 0.2) is 41.0 Å². The van der Waals surface area contributed by atoms with Crippen molar-refractivity contribution in [1.29, 1.82) is 0 Å². The molecule has 1 aliphatic rings. The zero-order valence-electron chi connectivity index (χ0n) is 17.7. The van der Waals surface area contributed by atoms with Gasteiger partial charge in [-0.25, -0.2) is 9.37 Å². The second-order valence-electron chi connectivity index (χ2n) is 7.79. The molecular formula is C21H25BrFN3O5S. The number of amides is 1. The van der Waals surface area contributed by atoms with Gasteiger partial charge in [-0.2, -0.15) is 8.42 Å². The standard InChI is InChI=1S/C21H25BrFN3O5S/c1-14-11-25(12-16-3-5-18(23)6-4-16)7-8-26(14)20(27)13-31-21-19(9-17(22)10-24-21)15(2)32(28,29)30/h3-6,9-10,14-15H,7-8,11-13H2,1-2H3,(H,28,29,30)/t14-,15?/m1/s1. The Balaban J connectivity index is 1.60. The quantitative estimate of drug-likeness (QED) is 0.550. The van der Waals surface area contributed by atoms with E-state index in [2.05, 4.69) is 25.8 Å². The molecule has 0 saturated carbocycles. The molecule has 1 aliphatic heterocycles. The van der Waals surface area contributed by atoms with Gasteiger partial charge in [0.25, 0.3) is 16.0 Å². The zero-order valence-corrected chi connectivity index (χ0v) is 20.1. The van der Waals surface area contributed by atoms with Crippen LogP contribution < -0.4 is 4.74 Å². The molecule has 2 atom stereocenters. The highest BCUT2D eigenvalue weighted by atomic mass is 79.9. The summed E-state index contributed by atoms with van der Waals surface area (Å²) in [5, 5.41) is -1.26. The predicted octanol–water partition coefficient (Wildman–Crippen LogP) is 3.04. The van der Waals surface area contributed by atoms with Crippen LogP contribution in [-0.2, 0) is 21.5 Å². The Labute approximate surface area is 195 Å². The van der Waals surface area contributed by atoms with Crippen molar-refractivity contribution < 1.29 is 26.9 Å². The van der Waals surface area contributed by atoms with Crippen molar-refractivity contribution in [2.45, 2.75) is 31.7 Å². The van der Waals surface area contributed by atoms with Crippen molar-refractivity contribution in [3.05, 3.63) is 57.9 Å². The van der Waals surface area contributed by atoms with Gasteiger partial charge in [0.15, 0.2) is 6.61 Å². The van der Waals surface area contributed by atoms with E-state index in [1.807, 2.05) is 6.92 Å². The fourth-order valence-electron chi connectivity index (χ4n) is 3.62. The number of aromatic nitrogens is 1. The molecule has 0 radical (unpaired) electrons. The van der Waals surface area contributed by atoms with E-state index < -0.39 is 15.4 Å². The molecule has 0 aliphatic carbocycles. The van der Waals surface area contributed by atoms with Gasteiger partial charge in [0, 0.05) is 48.5 Å². The molecule has 2 heterocycles. The lowest BCUT2D eigenvalue weighted by Crippen LogP contribution is -2.54. The number of halogens is 2. The monoisotopic (exact) mass is 529 g/mol. The van der Waals surface area contributed by atoms with Crippen molar-refractivity contribution >= 4 is 32.0 Å². The third-order valence-corrected chi connectivity index (χ3v) is 7.00. The molecule has 32 heavy (non-hydrogen) atoms. The SMILES string of the molecule is CC(c1cc(Br)cnc1OCC(=O)N1CCN(Cc2ccc(F)cc2)C[C@H]1C)S(=O)(=O)O. The van der Waals surface area contributed by atoms with Crippen molar-refractivity contribution in [3.63, 3.8) is 0 Å². The van der Waals surface area contributed by atoms with Gasteiger partial charge < -0.3 is 9.64 Å². The number of carbonyl (C=O) groups excluding carboxylic acids is 1. The maximum Gasteiger partial charge on any atom is 0.271 e. The number of rotatable bonds is 7. The molecule has 2 aromatic rings. The largest absolute Gasteiger partial charge is 0.467 e. The van der Waals surface area contributed by atoms with Gasteiger partial charge in [-0.1, -0.05) is 12.1 Å². The lowest BCUT2D eigenvalue weighted by molar-refractivity contribution is -0.138. The van der Waals surface area contributed by atoms with Crippen molar-refractivity contribution in [2.24, 2.45) is 0 Å². The lowest BCUT2D eigenvalue weighted by atomic mass is 10.1. The Morgan fingerprint density at radius 3 is 2.66 bits per heavy atom. The zero-order chi connectivity index (χ0) is 23.5. The molecule has 1 N–H and O–H groups in total. The van der Waals surface area contributed by atoms with Gasteiger partial charge in [-0.3, -0.25) is 14.2 Å². The van der Waals surface area contributed by atoms with Gasteiger partial charge in [-0.15, -0.1) is 0 Å². The lowest BCUT2D eigenvalue weighted by Gasteiger charge is -2.39. The molecule has 0 spiro atoms. The first-order valence-corrected chi connectivity index (χ1v) is 12.3. The minimum absolute atomic E-state index is 0.0192. The van der Waals surface area contributed by atoms with Crippen LogP contribution in [-0.4, -0.2) is 65.9 Å². The third-order valence-electron chi connectivity index (χ3n) is 5.41. The van der Waals surface area contributed by atoms with Crippen LogP contribution in [0.3, 0.4) is 0 Å². The minimum atomic E-state index is -4.36. The van der Waals surface area contributed by atoms with E-state index in [9.17, 15) is 22.2 Å². The van der Waals surface area contributed by atoms with Crippen LogP contribution in [0.25, 0.3) is 0 Å².